The van der Waals surface area contributed by atoms with Crippen LogP contribution in [0.1, 0.15) is 34.6 Å². The number of nitrogens with one attached hydrogen (secondary N) is 1. The number of amides is 1. The monoisotopic (exact) mass is 386 g/mol. The van der Waals surface area contributed by atoms with Crippen molar-refractivity contribution in [1.82, 2.24) is 15.3 Å². The topological polar surface area (TPSA) is 144 Å². The number of nitrogens with zero attached hydrogens (tertiary/aromatic N) is 5. The van der Waals surface area contributed by atoms with Gasteiger partial charge >= 0.3 is 0 Å². The number of nitro benzene ring substituents is 2. The minimum absolute atomic E-state index is 0.0690. The number of anilines is 1. The summed E-state index contributed by atoms with van der Waals surface area (Å²) in [6.07, 6.45) is 2.16. The minimum atomic E-state index is -0.778. The highest BCUT2D eigenvalue weighted by Gasteiger charge is 2.20. The Balaban J connectivity index is 1.77. The third-order valence-electron chi connectivity index (χ3n) is 4.30. The van der Waals surface area contributed by atoms with Crippen LogP contribution in [-0.2, 0) is 6.54 Å². The van der Waals surface area contributed by atoms with E-state index in [0.717, 1.165) is 49.8 Å². The first-order valence-electron chi connectivity index (χ1n) is 8.65. The van der Waals surface area contributed by atoms with Crippen molar-refractivity contribution in [3.05, 3.63) is 61.4 Å². The highest BCUT2D eigenvalue weighted by Crippen LogP contribution is 2.23. The summed E-state index contributed by atoms with van der Waals surface area (Å²) >= 11 is 0. The lowest BCUT2D eigenvalue weighted by atomic mass is 10.1. The molecule has 1 saturated heterocycles. The highest BCUT2D eigenvalue weighted by molar-refractivity contribution is 5.95. The van der Waals surface area contributed by atoms with E-state index in [1.807, 2.05) is 6.92 Å². The van der Waals surface area contributed by atoms with E-state index in [9.17, 15) is 25.0 Å². The predicted octanol–water partition coefficient (Wildman–Crippen LogP) is 2.13. The quantitative estimate of drug-likeness (QED) is 0.587. The Morgan fingerprint density at radius 3 is 2.25 bits per heavy atom. The number of rotatable bonds is 6. The van der Waals surface area contributed by atoms with Gasteiger partial charge in [-0.1, -0.05) is 0 Å². The van der Waals surface area contributed by atoms with Crippen molar-refractivity contribution in [3.63, 3.8) is 0 Å². The van der Waals surface area contributed by atoms with Crippen molar-refractivity contribution in [2.45, 2.75) is 26.3 Å². The van der Waals surface area contributed by atoms with Gasteiger partial charge in [0, 0.05) is 30.9 Å². The summed E-state index contributed by atoms with van der Waals surface area (Å²) in [7, 11) is 0. The van der Waals surface area contributed by atoms with Crippen LogP contribution in [0.5, 0.6) is 0 Å². The molecule has 0 spiro atoms. The van der Waals surface area contributed by atoms with Crippen molar-refractivity contribution in [3.8, 4) is 0 Å². The number of carbonyl (C=O) groups is 1. The standard InChI is InChI=1S/C17H18N6O5/c1-11-6-13(20-17(19-11)21-4-2-3-5-21)10-18-16(24)12-7-14(22(25)26)9-15(8-12)23(27)28/h6-9H,2-5,10H2,1H3,(H,18,24). The molecule has 0 radical (unpaired) electrons. The van der Waals surface area contributed by atoms with Gasteiger partial charge in [-0.25, -0.2) is 9.97 Å². The molecule has 1 amide bonds. The number of hydrogen-bond donors (Lipinski definition) is 1. The van der Waals surface area contributed by atoms with Crippen molar-refractivity contribution < 1.29 is 14.6 Å². The Hall–Kier alpha value is -3.63. The summed E-state index contributed by atoms with van der Waals surface area (Å²) in [6, 6.07) is 4.55. The van der Waals surface area contributed by atoms with E-state index in [0.29, 0.717) is 11.6 Å². The Labute approximate surface area is 159 Å². The molecule has 11 nitrogen and oxygen atoms in total. The van der Waals surface area contributed by atoms with Crippen molar-refractivity contribution in [1.29, 1.82) is 0 Å². The van der Waals surface area contributed by atoms with E-state index in [1.54, 1.807) is 6.07 Å². The van der Waals surface area contributed by atoms with Gasteiger partial charge in [0.05, 0.1) is 33.7 Å². The van der Waals surface area contributed by atoms with Gasteiger partial charge in [-0.2, -0.15) is 0 Å². The largest absolute Gasteiger partial charge is 0.346 e. The maximum Gasteiger partial charge on any atom is 0.277 e. The van der Waals surface area contributed by atoms with Gasteiger partial charge in [-0.05, 0) is 25.8 Å². The Morgan fingerprint density at radius 2 is 1.68 bits per heavy atom. The van der Waals surface area contributed by atoms with Crippen molar-refractivity contribution in [2.75, 3.05) is 18.0 Å². The summed E-state index contributed by atoms with van der Waals surface area (Å²) in [4.78, 5) is 43.7. The van der Waals surface area contributed by atoms with Crippen LogP contribution in [0.25, 0.3) is 0 Å². The summed E-state index contributed by atoms with van der Waals surface area (Å²) in [5, 5.41) is 24.5. The fraction of sp³-hybridized carbons (Fsp3) is 0.353. The molecule has 0 saturated carbocycles. The molecule has 0 atom stereocenters. The van der Waals surface area contributed by atoms with Crippen LogP contribution in [0.4, 0.5) is 17.3 Å². The van der Waals surface area contributed by atoms with Crippen LogP contribution < -0.4 is 10.2 Å². The maximum absolute atomic E-state index is 12.4. The van der Waals surface area contributed by atoms with Crippen LogP contribution >= 0.6 is 0 Å². The molecule has 3 rings (SSSR count). The number of hydrogen-bond acceptors (Lipinski definition) is 8. The first-order chi connectivity index (χ1) is 13.3. The second-order valence-electron chi connectivity index (χ2n) is 6.43. The van der Waals surface area contributed by atoms with Gasteiger partial charge in [0.1, 0.15) is 0 Å². The van der Waals surface area contributed by atoms with Crippen LogP contribution in [0, 0.1) is 27.2 Å². The lowest BCUT2D eigenvalue weighted by molar-refractivity contribution is -0.394. The van der Waals surface area contributed by atoms with Crippen LogP contribution in [0.3, 0.4) is 0 Å². The molecule has 2 heterocycles. The van der Waals surface area contributed by atoms with E-state index in [-0.39, 0.29) is 12.1 Å². The van der Waals surface area contributed by atoms with Crippen molar-refractivity contribution in [2.24, 2.45) is 0 Å². The molecule has 11 heteroatoms. The average molecular weight is 386 g/mol. The molecule has 1 aliphatic heterocycles. The molecule has 1 aromatic heterocycles. The fourth-order valence-corrected chi connectivity index (χ4v) is 2.98. The second kappa shape index (κ2) is 7.94. The molecule has 0 bridgehead atoms. The molecular formula is C17H18N6O5. The lowest BCUT2D eigenvalue weighted by Crippen LogP contribution is -2.25. The van der Waals surface area contributed by atoms with Gasteiger partial charge in [-0.3, -0.25) is 25.0 Å². The molecular weight excluding hydrogens is 368 g/mol. The highest BCUT2D eigenvalue weighted by atomic mass is 16.6. The first kappa shape index (κ1) is 19.1. The molecule has 146 valence electrons. The minimum Gasteiger partial charge on any atom is -0.346 e. The van der Waals surface area contributed by atoms with Gasteiger partial charge in [0.25, 0.3) is 17.3 Å². The number of nitro groups is 2. The molecule has 2 aromatic rings. The molecule has 1 aliphatic rings. The van der Waals surface area contributed by atoms with Crippen molar-refractivity contribution >= 4 is 23.2 Å². The molecule has 1 N–H and O–H groups in total. The number of carbonyl (C=O) groups excluding carboxylic acids is 1. The van der Waals surface area contributed by atoms with E-state index in [2.05, 4.69) is 20.2 Å². The van der Waals surface area contributed by atoms with E-state index >= 15 is 0 Å². The van der Waals surface area contributed by atoms with E-state index in [4.69, 9.17) is 0 Å². The third kappa shape index (κ3) is 4.37. The summed E-state index contributed by atoms with van der Waals surface area (Å²) in [5.74, 6) is -0.0569. The summed E-state index contributed by atoms with van der Waals surface area (Å²) < 4.78 is 0. The van der Waals surface area contributed by atoms with Crippen LogP contribution in [0.15, 0.2) is 24.3 Å². The lowest BCUT2D eigenvalue weighted by Gasteiger charge is -2.16. The third-order valence-corrected chi connectivity index (χ3v) is 4.30. The van der Waals surface area contributed by atoms with Gasteiger partial charge in [0.2, 0.25) is 5.95 Å². The number of aromatic nitrogens is 2. The normalized spacial score (nSPS) is 13.4. The number of non-ortho nitro benzene ring substituents is 2. The zero-order chi connectivity index (χ0) is 20.3. The smallest absolute Gasteiger partial charge is 0.277 e. The van der Waals surface area contributed by atoms with Gasteiger partial charge in [-0.15, -0.1) is 0 Å². The first-order valence-corrected chi connectivity index (χ1v) is 8.65. The van der Waals surface area contributed by atoms with Gasteiger partial charge in [0.15, 0.2) is 0 Å². The zero-order valence-electron chi connectivity index (χ0n) is 15.1. The molecule has 28 heavy (non-hydrogen) atoms. The Kier molecular flexibility index (Phi) is 5.43. The van der Waals surface area contributed by atoms with E-state index in [1.165, 1.54) is 0 Å². The van der Waals surface area contributed by atoms with Crippen LogP contribution in [-0.4, -0.2) is 38.8 Å². The predicted molar refractivity (Wildman–Crippen MR) is 99.1 cm³/mol. The van der Waals surface area contributed by atoms with E-state index < -0.39 is 27.1 Å². The van der Waals surface area contributed by atoms with Gasteiger partial charge < -0.3 is 10.2 Å². The average Bonchev–Trinajstić information content (AvgIpc) is 3.20. The zero-order valence-corrected chi connectivity index (χ0v) is 15.1. The van der Waals surface area contributed by atoms with Crippen LogP contribution in [0.2, 0.25) is 0 Å². The molecule has 1 fully saturated rings. The Morgan fingerprint density at radius 1 is 1.07 bits per heavy atom. The number of benzene rings is 1. The second-order valence-corrected chi connectivity index (χ2v) is 6.43. The Bertz CT molecular complexity index is 909. The SMILES string of the molecule is Cc1cc(CNC(=O)c2cc([N+](=O)[O-])cc([N+](=O)[O-])c2)nc(N2CCCC2)n1. The summed E-state index contributed by atoms with van der Waals surface area (Å²) in [5.41, 5.74) is 0.142. The molecule has 0 unspecified atom stereocenters. The summed E-state index contributed by atoms with van der Waals surface area (Å²) in [6.45, 7) is 3.66. The molecule has 0 aliphatic carbocycles. The molecule has 1 aromatic carbocycles. The fourth-order valence-electron chi connectivity index (χ4n) is 2.98. The maximum atomic E-state index is 12.4. The number of aryl methyl sites for hydroxylation is 1.